The highest BCUT2D eigenvalue weighted by molar-refractivity contribution is 9.10. The molecule has 0 radical (unpaired) electrons. The van der Waals surface area contributed by atoms with Crippen molar-refractivity contribution in [1.82, 2.24) is 4.90 Å². The molecule has 104 valence electrons. The Kier molecular flexibility index (Phi) is 3.90. The highest BCUT2D eigenvalue weighted by Crippen LogP contribution is 2.30. The van der Waals surface area contributed by atoms with E-state index in [9.17, 15) is 4.79 Å². The number of rotatable bonds is 0. The molecule has 1 aromatic carbocycles. The molecule has 4 heteroatoms. The Morgan fingerprint density at radius 1 is 1.37 bits per heavy atom. The molecule has 1 heterocycles. The third kappa shape index (κ3) is 3.30. The van der Waals surface area contributed by atoms with E-state index in [0.717, 1.165) is 17.4 Å². The molecule has 1 aromatic rings. The van der Waals surface area contributed by atoms with Gasteiger partial charge in [0, 0.05) is 11.0 Å². The van der Waals surface area contributed by atoms with Gasteiger partial charge in [0.25, 0.3) is 0 Å². The number of benzene rings is 1. The van der Waals surface area contributed by atoms with Crippen LogP contribution in [0.4, 0.5) is 4.79 Å². The third-order valence-electron chi connectivity index (χ3n) is 3.19. The second-order valence-corrected chi connectivity index (χ2v) is 6.78. The summed E-state index contributed by atoms with van der Waals surface area (Å²) < 4.78 is 6.54. The van der Waals surface area contributed by atoms with Gasteiger partial charge in [-0.05, 0) is 50.8 Å². The summed E-state index contributed by atoms with van der Waals surface area (Å²) in [6, 6.07) is 4.27. The van der Waals surface area contributed by atoms with Crippen LogP contribution in [0.3, 0.4) is 0 Å². The molecule has 0 unspecified atom stereocenters. The van der Waals surface area contributed by atoms with Gasteiger partial charge in [0.1, 0.15) is 5.60 Å². The van der Waals surface area contributed by atoms with Crippen LogP contribution in [-0.4, -0.2) is 23.1 Å². The molecule has 0 N–H and O–H groups in total. The Morgan fingerprint density at radius 2 is 2.05 bits per heavy atom. The summed E-state index contributed by atoms with van der Waals surface area (Å²) in [6.07, 6.45) is 0.652. The summed E-state index contributed by atoms with van der Waals surface area (Å²) in [5.41, 5.74) is 3.28. The van der Waals surface area contributed by atoms with Gasteiger partial charge >= 0.3 is 6.09 Å². The zero-order chi connectivity index (χ0) is 14.2. The summed E-state index contributed by atoms with van der Waals surface area (Å²) in [4.78, 5) is 13.9. The monoisotopic (exact) mass is 325 g/mol. The van der Waals surface area contributed by atoms with E-state index in [1.54, 1.807) is 4.90 Å². The predicted molar refractivity (Wildman–Crippen MR) is 79.2 cm³/mol. The molecule has 0 spiro atoms. The van der Waals surface area contributed by atoms with E-state index in [0.29, 0.717) is 6.54 Å². The molecule has 0 saturated heterocycles. The van der Waals surface area contributed by atoms with Crippen molar-refractivity contribution in [2.45, 2.75) is 46.3 Å². The first kappa shape index (κ1) is 14.4. The normalized spacial score (nSPS) is 15.1. The highest BCUT2D eigenvalue weighted by atomic mass is 79.9. The average molecular weight is 326 g/mol. The number of amides is 1. The van der Waals surface area contributed by atoms with Crippen LogP contribution in [0.5, 0.6) is 0 Å². The van der Waals surface area contributed by atoms with Crippen molar-refractivity contribution in [2.75, 3.05) is 6.54 Å². The molecule has 0 fully saturated rings. The molecular weight excluding hydrogens is 306 g/mol. The largest absolute Gasteiger partial charge is 0.444 e. The van der Waals surface area contributed by atoms with Crippen LogP contribution in [0, 0.1) is 6.92 Å². The topological polar surface area (TPSA) is 29.5 Å². The Balaban J connectivity index is 2.18. The van der Waals surface area contributed by atoms with Crippen LogP contribution in [0.1, 0.15) is 37.5 Å². The van der Waals surface area contributed by atoms with Gasteiger partial charge in [-0.25, -0.2) is 4.79 Å². The van der Waals surface area contributed by atoms with Gasteiger partial charge in [-0.2, -0.15) is 0 Å². The lowest BCUT2D eigenvalue weighted by atomic mass is 9.98. The van der Waals surface area contributed by atoms with E-state index in [4.69, 9.17) is 4.74 Å². The van der Waals surface area contributed by atoms with E-state index in [1.807, 2.05) is 20.8 Å². The third-order valence-corrected chi connectivity index (χ3v) is 4.29. The van der Waals surface area contributed by atoms with Crippen LogP contribution in [-0.2, 0) is 17.7 Å². The molecule has 0 aromatic heterocycles. The molecule has 1 amide bonds. The molecule has 0 aliphatic carbocycles. The number of hydrogen-bond acceptors (Lipinski definition) is 2. The first-order valence-electron chi connectivity index (χ1n) is 6.53. The molecule has 1 aliphatic heterocycles. The van der Waals surface area contributed by atoms with E-state index in [1.165, 1.54) is 16.7 Å². The number of fused-ring (bicyclic) bond motifs is 1. The van der Waals surface area contributed by atoms with E-state index < -0.39 is 5.60 Å². The Hall–Kier alpha value is -1.03. The summed E-state index contributed by atoms with van der Waals surface area (Å²) in [5, 5.41) is 0. The molecular formula is C15H20BrNO2. The zero-order valence-corrected chi connectivity index (χ0v) is 13.5. The highest BCUT2D eigenvalue weighted by Gasteiger charge is 2.26. The summed E-state index contributed by atoms with van der Waals surface area (Å²) in [7, 11) is 0. The van der Waals surface area contributed by atoms with Crippen molar-refractivity contribution in [2.24, 2.45) is 0 Å². The quantitative estimate of drug-likeness (QED) is 0.720. The molecule has 1 aliphatic rings. The maximum absolute atomic E-state index is 12.1. The minimum Gasteiger partial charge on any atom is -0.444 e. The average Bonchev–Trinajstić information content (AvgIpc) is 2.31. The maximum Gasteiger partial charge on any atom is 0.410 e. The first-order valence-corrected chi connectivity index (χ1v) is 7.32. The first-order chi connectivity index (χ1) is 8.78. The maximum atomic E-state index is 12.1. The van der Waals surface area contributed by atoms with Gasteiger partial charge in [0.15, 0.2) is 0 Å². The molecule has 19 heavy (non-hydrogen) atoms. The van der Waals surface area contributed by atoms with Crippen LogP contribution in [0.15, 0.2) is 16.6 Å². The SMILES string of the molecule is Cc1ccc2c(c1Br)CN(C(=O)OC(C)(C)C)CC2. The number of aryl methyl sites for hydroxylation is 1. The zero-order valence-electron chi connectivity index (χ0n) is 11.9. The van der Waals surface area contributed by atoms with Gasteiger partial charge in [-0.3, -0.25) is 0 Å². The fraction of sp³-hybridized carbons (Fsp3) is 0.533. The van der Waals surface area contributed by atoms with Crippen LogP contribution in [0.2, 0.25) is 0 Å². The number of carbonyl (C=O) groups is 1. The summed E-state index contributed by atoms with van der Waals surface area (Å²) in [5.74, 6) is 0. The number of halogens is 1. The fourth-order valence-electron chi connectivity index (χ4n) is 2.19. The van der Waals surface area contributed by atoms with Crippen molar-refractivity contribution < 1.29 is 9.53 Å². The van der Waals surface area contributed by atoms with Crippen LogP contribution < -0.4 is 0 Å². The lowest BCUT2D eigenvalue weighted by Gasteiger charge is -2.32. The summed E-state index contributed by atoms with van der Waals surface area (Å²) in [6.45, 7) is 9.08. The molecule has 0 atom stereocenters. The van der Waals surface area contributed by atoms with E-state index in [-0.39, 0.29) is 6.09 Å². The van der Waals surface area contributed by atoms with Crippen molar-refractivity contribution in [1.29, 1.82) is 0 Å². The standard InChI is InChI=1S/C15H20BrNO2/c1-10-5-6-11-7-8-17(9-12(11)13(10)16)14(18)19-15(2,3)4/h5-6H,7-9H2,1-4H3. The van der Waals surface area contributed by atoms with E-state index >= 15 is 0 Å². The Bertz CT molecular complexity index is 506. The molecule has 3 nitrogen and oxygen atoms in total. The predicted octanol–water partition coefficient (Wildman–Crippen LogP) is 4.05. The van der Waals surface area contributed by atoms with Gasteiger partial charge in [-0.1, -0.05) is 28.1 Å². The number of carbonyl (C=O) groups excluding carboxylic acids is 1. The molecule has 0 saturated carbocycles. The second kappa shape index (κ2) is 5.16. The smallest absolute Gasteiger partial charge is 0.410 e. The minimum absolute atomic E-state index is 0.230. The van der Waals surface area contributed by atoms with Crippen molar-refractivity contribution >= 4 is 22.0 Å². The van der Waals surface area contributed by atoms with E-state index in [2.05, 4.69) is 35.0 Å². The van der Waals surface area contributed by atoms with Gasteiger partial charge in [-0.15, -0.1) is 0 Å². The van der Waals surface area contributed by atoms with Crippen LogP contribution in [0.25, 0.3) is 0 Å². The van der Waals surface area contributed by atoms with Gasteiger partial charge in [0.2, 0.25) is 0 Å². The second-order valence-electron chi connectivity index (χ2n) is 5.99. The lowest BCUT2D eigenvalue weighted by Crippen LogP contribution is -2.40. The number of nitrogens with zero attached hydrogens (tertiary/aromatic N) is 1. The van der Waals surface area contributed by atoms with Crippen LogP contribution >= 0.6 is 15.9 Å². The fourth-order valence-corrected chi connectivity index (χ4v) is 2.70. The molecule has 2 rings (SSSR count). The van der Waals surface area contributed by atoms with Gasteiger partial charge in [0.05, 0.1) is 6.54 Å². The Morgan fingerprint density at radius 3 is 2.68 bits per heavy atom. The summed E-state index contributed by atoms with van der Waals surface area (Å²) >= 11 is 3.63. The van der Waals surface area contributed by atoms with Crippen molar-refractivity contribution in [3.05, 3.63) is 33.3 Å². The molecule has 0 bridgehead atoms. The van der Waals surface area contributed by atoms with Crippen molar-refractivity contribution in [3.8, 4) is 0 Å². The number of hydrogen-bond donors (Lipinski definition) is 0. The minimum atomic E-state index is -0.443. The Labute approximate surface area is 123 Å². The lowest BCUT2D eigenvalue weighted by molar-refractivity contribution is 0.0223. The van der Waals surface area contributed by atoms with Crippen molar-refractivity contribution in [3.63, 3.8) is 0 Å². The van der Waals surface area contributed by atoms with Gasteiger partial charge < -0.3 is 9.64 Å². The number of ether oxygens (including phenoxy) is 1.